The molecule has 0 fully saturated rings. The smallest absolute Gasteiger partial charge is 0.143 e. The Balaban J connectivity index is 2.19. The second-order valence-corrected chi connectivity index (χ2v) is 7.28. The fraction of sp³-hybridized carbons (Fsp3) is 0.304. The summed E-state index contributed by atoms with van der Waals surface area (Å²) in [6.07, 6.45) is 4.84. The third-order valence-corrected chi connectivity index (χ3v) is 5.32. The van der Waals surface area contributed by atoms with Crippen LogP contribution in [-0.4, -0.2) is 18.7 Å². The fourth-order valence-electron chi connectivity index (χ4n) is 2.91. The molecule has 5 heteroatoms. The average Bonchev–Trinajstić information content (AvgIpc) is 2.71. The van der Waals surface area contributed by atoms with Gasteiger partial charge in [0.15, 0.2) is 0 Å². The van der Waals surface area contributed by atoms with Crippen molar-refractivity contribution in [1.82, 2.24) is 0 Å². The summed E-state index contributed by atoms with van der Waals surface area (Å²) in [5, 5.41) is 1.14. The number of Topliss-reactive ketones (excluding diaryl/α,β-unsaturated/α-hetero) is 2. The van der Waals surface area contributed by atoms with Crippen LogP contribution in [0.1, 0.15) is 43.4 Å². The number of carbonyl (C=O) groups excluding carboxylic acids is 2. The van der Waals surface area contributed by atoms with Crippen LogP contribution in [0.15, 0.2) is 36.4 Å². The van der Waals surface area contributed by atoms with E-state index < -0.39 is 5.92 Å². The predicted molar refractivity (Wildman–Crippen MR) is 116 cm³/mol. The van der Waals surface area contributed by atoms with Crippen molar-refractivity contribution in [3.63, 3.8) is 0 Å². The van der Waals surface area contributed by atoms with E-state index in [-0.39, 0.29) is 11.6 Å². The first kappa shape index (κ1) is 22.2. The molecule has 2 rings (SSSR count). The molecule has 148 valence electrons. The molecule has 2 aromatic rings. The molecular formula is C23H24Cl2O3. The van der Waals surface area contributed by atoms with Gasteiger partial charge >= 0.3 is 0 Å². The highest BCUT2D eigenvalue weighted by molar-refractivity contribution is 6.32. The van der Waals surface area contributed by atoms with E-state index in [1.54, 1.807) is 27.0 Å². The Morgan fingerprint density at radius 3 is 2.18 bits per heavy atom. The van der Waals surface area contributed by atoms with Gasteiger partial charge in [0.25, 0.3) is 0 Å². The molecule has 28 heavy (non-hydrogen) atoms. The second kappa shape index (κ2) is 10.4. The molecule has 0 aliphatic rings. The van der Waals surface area contributed by atoms with E-state index in [9.17, 15) is 9.59 Å². The molecule has 0 heterocycles. The van der Waals surface area contributed by atoms with Crippen molar-refractivity contribution in [3.05, 3.63) is 63.1 Å². The summed E-state index contributed by atoms with van der Waals surface area (Å²) in [6.45, 7) is 3.55. The number of ketones is 2. The number of rotatable bonds is 9. The van der Waals surface area contributed by atoms with Gasteiger partial charge in [-0.25, -0.2) is 0 Å². The van der Waals surface area contributed by atoms with Gasteiger partial charge in [-0.05, 0) is 47.4 Å². The van der Waals surface area contributed by atoms with Gasteiger partial charge in [0.1, 0.15) is 17.3 Å². The number of benzene rings is 2. The molecule has 0 aromatic heterocycles. The van der Waals surface area contributed by atoms with E-state index in [4.69, 9.17) is 27.9 Å². The SMILES string of the molecule is CCC(=O)C(Cc1ccc(/C=C/c2ccc(OC)cc2Cl)cc1Cl)C(=O)CC. The molecule has 0 saturated carbocycles. The maximum absolute atomic E-state index is 12.1. The van der Waals surface area contributed by atoms with Crippen molar-refractivity contribution in [1.29, 1.82) is 0 Å². The Morgan fingerprint density at radius 2 is 1.64 bits per heavy atom. The maximum atomic E-state index is 12.1. The Hall–Kier alpha value is -2.10. The maximum Gasteiger partial charge on any atom is 0.143 e. The van der Waals surface area contributed by atoms with Gasteiger partial charge in [0.05, 0.1) is 18.1 Å². The molecule has 0 amide bonds. The van der Waals surface area contributed by atoms with Gasteiger partial charge in [-0.15, -0.1) is 0 Å². The van der Waals surface area contributed by atoms with E-state index in [1.807, 2.05) is 42.5 Å². The van der Waals surface area contributed by atoms with Gasteiger partial charge < -0.3 is 4.74 Å². The van der Waals surface area contributed by atoms with Crippen LogP contribution in [0.3, 0.4) is 0 Å². The van der Waals surface area contributed by atoms with Crippen LogP contribution < -0.4 is 4.74 Å². The first-order valence-corrected chi connectivity index (χ1v) is 10.0. The normalized spacial score (nSPS) is 11.2. The van der Waals surface area contributed by atoms with Gasteiger partial charge in [-0.2, -0.15) is 0 Å². The van der Waals surface area contributed by atoms with E-state index >= 15 is 0 Å². The van der Waals surface area contributed by atoms with E-state index in [1.165, 1.54) is 0 Å². The Kier molecular flexibility index (Phi) is 8.28. The minimum Gasteiger partial charge on any atom is -0.497 e. The van der Waals surface area contributed by atoms with Crippen LogP contribution in [-0.2, 0) is 16.0 Å². The van der Waals surface area contributed by atoms with Crippen molar-refractivity contribution < 1.29 is 14.3 Å². The number of ether oxygens (including phenoxy) is 1. The van der Waals surface area contributed by atoms with Crippen LogP contribution in [0.25, 0.3) is 12.2 Å². The summed E-state index contributed by atoms with van der Waals surface area (Å²) in [5.74, 6) is 0.00132. The van der Waals surface area contributed by atoms with Crippen molar-refractivity contribution in [2.75, 3.05) is 7.11 Å². The third kappa shape index (κ3) is 5.70. The molecule has 0 bridgehead atoms. The Labute approximate surface area is 176 Å². The lowest BCUT2D eigenvalue weighted by Crippen LogP contribution is -2.25. The lowest BCUT2D eigenvalue weighted by atomic mass is 9.88. The summed E-state index contributed by atoms with van der Waals surface area (Å²) in [5.41, 5.74) is 2.57. The first-order chi connectivity index (χ1) is 13.4. The van der Waals surface area contributed by atoms with Crippen LogP contribution in [0.4, 0.5) is 0 Å². The zero-order valence-corrected chi connectivity index (χ0v) is 17.8. The summed E-state index contributed by atoms with van der Waals surface area (Å²) in [7, 11) is 1.59. The fourth-order valence-corrected chi connectivity index (χ4v) is 3.41. The molecule has 0 aliphatic heterocycles. The molecule has 0 atom stereocenters. The third-order valence-electron chi connectivity index (χ3n) is 4.64. The van der Waals surface area contributed by atoms with E-state index in [0.29, 0.717) is 35.1 Å². The quantitative estimate of drug-likeness (QED) is 0.354. The topological polar surface area (TPSA) is 43.4 Å². The predicted octanol–water partition coefficient (Wildman–Crippen LogP) is 6.29. The molecule has 0 saturated heterocycles. The Morgan fingerprint density at radius 1 is 0.964 bits per heavy atom. The average molecular weight is 419 g/mol. The highest BCUT2D eigenvalue weighted by Gasteiger charge is 2.24. The minimum absolute atomic E-state index is 0.0407. The number of hydrogen-bond acceptors (Lipinski definition) is 3. The number of carbonyl (C=O) groups is 2. The lowest BCUT2D eigenvalue weighted by molar-refractivity contribution is -0.132. The van der Waals surface area contributed by atoms with E-state index in [0.717, 1.165) is 16.7 Å². The van der Waals surface area contributed by atoms with Gasteiger partial charge in [-0.3, -0.25) is 9.59 Å². The highest BCUT2D eigenvalue weighted by atomic mass is 35.5. The van der Waals surface area contributed by atoms with E-state index in [2.05, 4.69) is 0 Å². The molecule has 2 aromatic carbocycles. The summed E-state index contributed by atoms with van der Waals surface area (Å²) >= 11 is 12.7. The van der Waals surface area contributed by atoms with Crippen LogP contribution in [0.2, 0.25) is 10.0 Å². The largest absolute Gasteiger partial charge is 0.497 e. The standard InChI is InChI=1S/C23H24Cl2O3/c1-4-22(26)19(23(27)5-2)13-17-9-7-15(12-20(17)24)6-8-16-10-11-18(28-3)14-21(16)25/h6-12,14,19H,4-5,13H2,1-3H3/b8-6+. The van der Waals surface area contributed by atoms with Crippen LogP contribution >= 0.6 is 23.2 Å². The minimum atomic E-state index is -0.619. The Bertz CT molecular complexity index is 871. The summed E-state index contributed by atoms with van der Waals surface area (Å²) in [6, 6.07) is 11.1. The zero-order valence-electron chi connectivity index (χ0n) is 16.3. The lowest BCUT2D eigenvalue weighted by Gasteiger charge is -2.14. The number of hydrogen-bond donors (Lipinski definition) is 0. The van der Waals surface area contributed by atoms with Gasteiger partial charge in [0, 0.05) is 17.9 Å². The highest BCUT2D eigenvalue weighted by Crippen LogP contribution is 2.26. The van der Waals surface area contributed by atoms with Crippen molar-refractivity contribution in [3.8, 4) is 5.75 Å². The molecule has 0 aliphatic carbocycles. The monoisotopic (exact) mass is 418 g/mol. The molecule has 3 nitrogen and oxygen atoms in total. The zero-order chi connectivity index (χ0) is 20.7. The van der Waals surface area contributed by atoms with Crippen molar-refractivity contribution in [2.24, 2.45) is 5.92 Å². The van der Waals surface area contributed by atoms with Crippen molar-refractivity contribution >= 4 is 46.9 Å². The van der Waals surface area contributed by atoms with Gasteiger partial charge in [-0.1, -0.05) is 61.3 Å². The van der Waals surface area contributed by atoms with Crippen LogP contribution in [0.5, 0.6) is 5.75 Å². The van der Waals surface area contributed by atoms with Gasteiger partial charge in [0.2, 0.25) is 0 Å². The molecule has 0 radical (unpaired) electrons. The molecule has 0 spiro atoms. The number of halogens is 2. The number of methoxy groups -OCH3 is 1. The summed E-state index contributed by atoms with van der Waals surface area (Å²) < 4.78 is 5.15. The van der Waals surface area contributed by atoms with Crippen molar-refractivity contribution in [2.45, 2.75) is 33.1 Å². The first-order valence-electron chi connectivity index (χ1n) is 9.25. The molecular weight excluding hydrogens is 395 g/mol. The van der Waals surface area contributed by atoms with Crippen LogP contribution in [0, 0.1) is 5.92 Å². The second-order valence-electron chi connectivity index (χ2n) is 6.47. The molecule has 0 unspecified atom stereocenters. The molecule has 0 N–H and O–H groups in total. The summed E-state index contributed by atoms with van der Waals surface area (Å²) in [4.78, 5) is 24.3.